The summed E-state index contributed by atoms with van der Waals surface area (Å²) in [5.41, 5.74) is 5.22. The predicted molar refractivity (Wildman–Crippen MR) is 277 cm³/mol. The lowest BCUT2D eigenvalue weighted by Crippen LogP contribution is -2.64. The van der Waals surface area contributed by atoms with Crippen molar-refractivity contribution >= 4 is 50.5 Å². The molecule has 376 valence electrons. The number of pyridine rings is 1. The number of thiazole rings is 1. The van der Waals surface area contributed by atoms with Gasteiger partial charge in [0, 0.05) is 61.7 Å². The first kappa shape index (κ1) is 50.1. The zero-order valence-electron chi connectivity index (χ0n) is 43.3. The van der Waals surface area contributed by atoms with E-state index in [0.717, 1.165) is 71.2 Å². The number of carbonyl (C=O) groups excluding carboxylic acids is 3. The molecule has 4 saturated carbocycles. The van der Waals surface area contributed by atoms with Gasteiger partial charge in [0.2, 0.25) is 0 Å². The number of carbonyl (C=O) groups is 3. The minimum atomic E-state index is -0.765. The molecule has 14 nitrogen and oxygen atoms in total. The molecule has 0 spiro atoms. The number of esters is 1. The Balaban J connectivity index is 1.02. The maximum atomic E-state index is 14.4. The first-order chi connectivity index (χ1) is 33.4. The molecule has 2 aromatic carbocycles. The summed E-state index contributed by atoms with van der Waals surface area (Å²) in [5, 5.41) is 8.59. The monoisotopic (exact) mass is 983 g/mol. The standard InChI is InChI=1S/C56H69N7O7S/c1-36-41(27-57-63(36)35-55-30-53(8)29-54(9,31-55)33-56(32-53,34-55)68-24-23-67-11)39-18-19-45(59-46(39)48(65)69-51(2,3)4)62-22-20-38-25-37(15-14-21-61(10)50(66)70-52(5,6)7)26-40(42(38)28-62)47(64)60-49-58-43-16-12-13-17-44(43)71-49/h12-13,16-19,25-27H,20-24,28-35H2,1-11H3,(H,58,60,64). The molecule has 10 rings (SSSR count). The minimum absolute atomic E-state index is 0.0238. The number of ether oxygens (including phenoxy) is 4. The molecule has 2 amide bonds. The van der Waals surface area contributed by atoms with Crippen LogP contribution in [0.25, 0.3) is 21.3 Å². The number of anilines is 2. The van der Waals surface area contributed by atoms with Crippen molar-refractivity contribution in [2.75, 3.05) is 50.7 Å². The third-order valence-electron chi connectivity index (χ3n) is 14.4. The lowest BCUT2D eigenvalue weighted by atomic mass is 9.39. The Bertz CT molecular complexity index is 2900. The fraction of sp³-hybridized carbons (Fsp3) is 0.536. The molecular weight excluding hydrogens is 915 g/mol. The van der Waals surface area contributed by atoms with Crippen molar-refractivity contribution < 1.29 is 33.3 Å². The van der Waals surface area contributed by atoms with Crippen LogP contribution in [0.1, 0.15) is 137 Å². The second kappa shape index (κ2) is 18.7. The number of methoxy groups -OCH3 is 1. The largest absolute Gasteiger partial charge is 0.455 e. The van der Waals surface area contributed by atoms with E-state index in [1.807, 2.05) is 90.2 Å². The maximum Gasteiger partial charge on any atom is 0.410 e. The zero-order chi connectivity index (χ0) is 50.7. The van der Waals surface area contributed by atoms with Gasteiger partial charge in [-0.15, -0.1) is 0 Å². The van der Waals surface area contributed by atoms with Crippen LogP contribution >= 0.6 is 11.3 Å². The fourth-order valence-corrected chi connectivity index (χ4v) is 13.8. The van der Waals surface area contributed by atoms with E-state index in [2.05, 4.69) is 52.5 Å². The molecule has 4 bridgehead atoms. The average Bonchev–Trinajstić information content (AvgIpc) is 3.84. The van der Waals surface area contributed by atoms with Gasteiger partial charge in [-0.3, -0.25) is 14.8 Å². The fourth-order valence-electron chi connectivity index (χ4n) is 12.9. The topological polar surface area (TPSA) is 150 Å². The van der Waals surface area contributed by atoms with Crippen molar-refractivity contribution in [2.24, 2.45) is 16.2 Å². The Morgan fingerprint density at radius 2 is 1.62 bits per heavy atom. The van der Waals surface area contributed by atoms with Gasteiger partial charge in [0.25, 0.3) is 5.91 Å². The van der Waals surface area contributed by atoms with Crippen molar-refractivity contribution in [1.82, 2.24) is 24.6 Å². The molecule has 2 unspecified atom stereocenters. The van der Waals surface area contributed by atoms with Crippen molar-refractivity contribution in [3.8, 4) is 23.0 Å². The van der Waals surface area contributed by atoms with Crippen LogP contribution in [-0.2, 0) is 38.5 Å². The second-order valence-electron chi connectivity index (χ2n) is 23.5. The van der Waals surface area contributed by atoms with Crippen molar-refractivity contribution in [3.63, 3.8) is 0 Å². The Morgan fingerprint density at radius 1 is 0.887 bits per heavy atom. The molecule has 4 heterocycles. The number of nitrogens with zero attached hydrogens (tertiary/aromatic N) is 6. The number of aromatic nitrogens is 4. The molecule has 1 N–H and O–H groups in total. The predicted octanol–water partition coefficient (Wildman–Crippen LogP) is 10.6. The third-order valence-corrected chi connectivity index (χ3v) is 15.3. The number of para-hydroxylation sites is 1. The van der Waals surface area contributed by atoms with E-state index in [1.165, 1.54) is 22.7 Å². The molecule has 0 radical (unpaired) electrons. The van der Waals surface area contributed by atoms with E-state index in [-0.39, 0.29) is 40.0 Å². The van der Waals surface area contributed by atoms with Crippen LogP contribution in [0.4, 0.5) is 15.7 Å². The summed E-state index contributed by atoms with van der Waals surface area (Å²) in [6, 6.07) is 15.5. The maximum absolute atomic E-state index is 14.4. The molecule has 15 heteroatoms. The molecule has 5 aliphatic rings. The number of rotatable bonds is 12. The van der Waals surface area contributed by atoms with Crippen LogP contribution in [-0.4, -0.2) is 99.9 Å². The van der Waals surface area contributed by atoms with E-state index in [4.69, 9.17) is 29.0 Å². The van der Waals surface area contributed by atoms with Gasteiger partial charge < -0.3 is 28.7 Å². The second-order valence-corrected chi connectivity index (χ2v) is 24.5. The van der Waals surface area contributed by atoms with Gasteiger partial charge in [-0.05, 0) is 157 Å². The van der Waals surface area contributed by atoms with Gasteiger partial charge >= 0.3 is 12.1 Å². The number of amides is 2. The Labute approximate surface area is 422 Å². The summed E-state index contributed by atoms with van der Waals surface area (Å²) in [6.45, 7) is 21.0. The smallest absolute Gasteiger partial charge is 0.410 e. The van der Waals surface area contributed by atoms with E-state index in [1.54, 1.807) is 20.2 Å². The van der Waals surface area contributed by atoms with Gasteiger partial charge in [-0.25, -0.2) is 19.6 Å². The molecule has 4 fully saturated rings. The van der Waals surface area contributed by atoms with Crippen molar-refractivity contribution in [2.45, 2.75) is 137 Å². The van der Waals surface area contributed by atoms with E-state index < -0.39 is 23.3 Å². The van der Waals surface area contributed by atoms with Crippen LogP contribution in [0.15, 0.2) is 54.7 Å². The molecule has 1 aliphatic heterocycles. The minimum Gasteiger partial charge on any atom is -0.455 e. The molecular formula is C56H69N7O7S. The van der Waals surface area contributed by atoms with Crippen LogP contribution in [0.2, 0.25) is 0 Å². The summed E-state index contributed by atoms with van der Waals surface area (Å²) in [4.78, 5) is 54.7. The van der Waals surface area contributed by atoms with Crippen LogP contribution in [0.3, 0.4) is 0 Å². The SMILES string of the molecule is COCCOC12CC3(C)CC(C)(CC(Cn4ncc(-c5ccc(N6CCc7cc(C#CCN(C)C(=O)OC(C)(C)C)cc(C(=O)Nc8nc9ccccc9s8)c7C6)nc5C(=O)OC(C)(C)C)c4C)(C3)C1)C2. The lowest BCUT2D eigenvalue weighted by Gasteiger charge is -2.69. The molecule has 5 aromatic rings. The van der Waals surface area contributed by atoms with Gasteiger partial charge in [0.15, 0.2) is 10.8 Å². The quantitative estimate of drug-likeness (QED) is 0.0723. The number of hydrogen-bond donors (Lipinski definition) is 1. The van der Waals surface area contributed by atoms with Crippen molar-refractivity contribution in [3.05, 3.63) is 88.4 Å². The average molecular weight is 984 g/mol. The number of benzene rings is 2. The Hall–Kier alpha value is -5.82. The highest BCUT2D eigenvalue weighted by Gasteiger charge is 2.66. The highest BCUT2D eigenvalue weighted by molar-refractivity contribution is 7.22. The molecule has 71 heavy (non-hydrogen) atoms. The Kier molecular flexibility index (Phi) is 13.2. The third kappa shape index (κ3) is 10.9. The molecule has 4 aliphatic carbocycles. The summed E-state index contributed by atoms with van der Waals surface area (Å²) >= 11 is 1.41. The Morgan fingerprint density at radius 3 is 2.32 bits per heavy atom. The van der Waals surface area contributed by atoms with Crippen LogP contribution < -0.4 is 10.2 Å². The number of hydrogen-bond acceptors (Lipinski definition) is 12. The van der Waals surface area contributed by atoms with Crippen LogP contribution in [0, 0.1) is 35.0 Å². The highest BCUT2D eigenvalue weighted by Crippen LogP contribution is 2.72. The summed E-state index contributed by atoms with van der Waals surface area (Å²) in [6.07, 6.45) is 8.62. The normalized spacial score (nSPS) is 23.5. The van der Waals surface area contributed by atoms with E-state index in [0.29, 0.717) is 60.4 Å². The molecule has 2 atom stereocenters. The molecule has 3 aromatic heterocycles. The van der Waals surface area contributed by atoms with Gasteiger partial charge in [-0.2, -0.15) is 5.10 Å². The van der Waals surface area contributed by atoms with Gasteiger partial charge in [0.05, 0.1) is 41.8 Å². The lowest BCUT2D eigenvalue weighted by molar-refractivity contribution is -0.250. The van der Waals surface area contributed by atoms with Crippen LogP contribution in [0.5, 0.6) is 0 Å². The van der Waals surface area contributed by atoms with Crippen molar-refractivity contribution in [1.29, 1.82) is 0 Å². The summed E-state index contributed by atoms with van der Waals surface area (Å²) in [5.74, 6) is 6.05. The highest BCUT2D eigenvalue weighted by atomic mass is 32.1. The molecule has 0 saturated heterocycles. The van der Waals surface area contributed by atoms with Gasteiger partial charge in [0.1, 0.15) is 17.0 Å². The number of fused-ring (bicyclic) bond motifs is 2. The number of nitrogens with one attached hydrogen (secondary N) is 1. The van der Waals surface area contributed by atoms with Gasteiger partial charge in [-0.1, -0.05) is 49.2 Å². The zero-order valence-corrected chi connectivity index (χ0v) is 44.2. The summed E-state index contributed by atoms with van der Waals surface area (Å²) in [7, 11) is 3.37. The summed E-state index contributed by atoms with van der Waals surface area (Å²) < 4.78 is 26.9. The first-order valence-electron chi connectivity index (χ1n) is 24.9. The van der Waals surface area contributed by atoms with E-state index >= 15 is 0 Å². The first-order valence-corrected chi connectivity index (χ1v) is 25.7. The van der Waals surface area contributed by atoms with E-state index in [9.17, 15) is 14.4 Å².